The molecule has 0 atom stereocenters. The van der Waals surface area contributed by atoms with Gasteiger partial charge in [-0.1, -0.05) is 6.07 Å². The third-order valence-electron chi connectivity index (χ3n) is 3.05. The maximum atomic E-state index is 12.2. The molecule has 7 heteroatoms. The highest BCUT2D eigenvalue weighted by atomic mass is 32.2. The third kappa shape index (κ3) is 3.17. The molecule has 20 heavy (non-hydrogen) atoms. The lowest BCUT2D eigenvalue weighted by Gasteiger charge is -2.09. The first kappa shape index (κ1) is 14.5. The number of rotatable bonds is 5. The maximum absolute atomic E-state index is 12.2. The van der Waals surface area contributed by atoms with E-state index >= 15 is 0 Å². The predicted octanol–water partition coefficient (Wildman–Crippen LogP) is 0.832. The van der Waals surface area contributed by atoms with Crippen molar-refractivity contribution < 1.29 is 8.42 Å². The Balaban J connectivity index is 2.06. The Morgan fingerprint density at radius 1 is 1.35 bits per heavy atom. The van der Waals surface area contributed by atoms with Gasteiger partial charge in [-0.2, -0.15) is 5.10 Å². The molecule has 0 saturated carbocycles. The average Bonchev–Trinajstić information content (AvgIpc) is 2.74. The van der Waals surface area contributed by atoms with Gasteiger partial charge < -0.3 is 5.73 Å². The fourth-order valence-corrected chi connectivity index (χ4v) is 3.09. The summed E-state index contributed by atoms with van der Waals surface area (Å²) in [6.07, 6.45) is 2.25. The molecule has 6 nitrogen and oxygen atoms in total. The van der Waals surface area contributed by atoms with E-state index in [1.54, 1.807) is 23.0 Å². The minimum absolute atomic E-state index is 0.119. The normalized spacial score (nSPS) is 11.7. The summed E-state index contributed by atoms with van der Waals surface area (Å²) in [5.74, 6) is 0. The smallest absolute Gasteiger partial charge is 0.242 e. The molecule has 1 aromatic heterocycles. The van der Waals surface area contributed by atoms with Gasteiger partial charge in [0, 0.05) is 31.9 Å². The third-order valence-corrected chi connectivity index (χ3v) is 4.59. The van der Waals surface area contributed by atoms with Crippen LogP contribution in [0.25, 0.3) is 0 Å². The molecule has 1 aromatic carbocycles. The highest BCUT2D eigenvalue weighted by molar-refractivity contribution is 7.89. The van der Waals surface area contributed by atoms with Gasteiger partial charge >= 0.3 is 0 Å². The van der Waals surface area contributed by atoms with E-state index in [1.807, 2.05) is 20.0 Å². The van der Waals surface area contributed by atoms with E-state index in [9.17, 15) is 8.42 Å². The van der Waals surface area contributed by atoms with Crippen LogP contribution in [-0.4, -0.2) is 24.7 Å². The molecule has 1 heterocycles. The van der Waals surface area contributed by atoms with Crippen molar-refractivity contribution in [2.45, 2.75) is 18.2 Å². The van der Waals surface area contributed by atoms with E-state index < -0.39 is 10.0 Å². The van der Waals surface area contributed by atoms with E-state index in [0.717, 1.165) is 11.3 Å². The van der Waals surface area contributed by atoms with Gasteiger partial charge in [0.25, 0.3) is 0 Å². The zero-order valence-electron chi connectivity index (χ0n) is 11.5. The standard InChI is InChI=1S/C13H18N4O2S/c1-10-3-4-13(12(14)9-10)20(18,19)16-8-6-11-5-7-15-17(11)2/h3-5,7,9,16H,6,8,14H2,1-2H3. The van der Waals surface area contributed by atoms with Crippen LogP contribution >= 0.6 is 0 Å². The van der Waals surface area contributed by atoms with Crippen molar-refractivity contribution in [1.82, 2.24) is 14.5 Å². The largest absolute Gasteiger partial charge is 0.398 e. The van der Waals surface area contributed by atoms with Gasteiger partial charge in [0.1, 0.15) is 4.90 Å². The lowest BCUT2D eigenvalue weighted by molar-refractivity contribution is 0.580. The zero-order valence-corrected chi connectivity index (χ0v) is 12.3. The van der Waals surface area contributed by atoms with Crippen LogP contribution in [0.5, 0.6) is 0 Å². The summed E-state index contributed by atoms with van der Waals surface area (Å²) in [6.45, 7) is 2.16. The van der Waals surface area contributed by atoms with Gasteiger partial charge in [-0.25, -0.2) is 13.1 Å². The van der Waals surface area contributed by atoms with Crippen LogP contribution in [-0.2, 0) is 23.5 Å². The molecule has 0 aliphatic heterocycles. The number of anilines is 1. The van der Waals surface area contributed by atoms with Crippen molar-refractivity contribution in [2.24, 2.45) is 7.05 Å². The minimum atomic E-state index is -3.58. The molecular formula is C13H18N4O2S. The Labute approximate surface area is 118 Å². The second kappa shape index (κ2) is 5.64. The number of hydrogen-bond acceptors (Lipinski definition) is 4. The van der Waals surface area contributed by atoms with E-state index in [-0.39, 0.29) is 10.6 Å². The van der Waals surface area contributed by atoms with Crippen molar-refractivity contribution in [3.63, 3.8) is 0 Å². The number of nitrogens with zero attached hydrogens (tertiary/aromatic N) is 2. The highest BCUT2D eigenvalue weighted by Crippen LogP contribution is 2.19. The highest BCUT2D eigenvalue weighted by Gasteiger charge is 2.16. The fraction of sp³-hybridized carbons (Fsp3) is 0.308. The van der Waals surface area contributed by atoms with Crippen molar-refractivity contribution in [1.29, 1.82) is 0 Å². The van der Waals surface area contributed by atoms with E-state index in [0.29, 0.717) is 13.0 Å². The number of benzene rings is 1. The molecule has 2 aromatic rings. The maximum Gasteiger partial charge on any atom is 0.242 e. The van der Waals surface area contributed by atoms with Gasteiger partial charge in [0.2, 0.25) is 10.0 Å². The van der Waals surface area contributed by atoms with Gasteiger partial charge in [0.05, 0.1) is 5.69 Å². The molecule has 0 amide bonds. The van der Waals surface area contributed by atoms with Crippen LogP contribution in [0.3, 0.4) is 0 Å². The summed E-state index contributed by atoms with van der Waals surface area (Å²) in [5, 5.41) is 4.03. The van der Waals surface area contributed by atoms with E-state index in [4.69, 9.17) is 5.73 Å². The average molecular weight is 294 g/mol. The predicted molar refractivity (Wildman–Crippen MR) is 77.7 cm³/mol. The van der Waals surface area contributed by atoms with Crippen LogP contribution in [0.2, 0.25) is 0 Å². The number of nitrogen functional groups attached to an aromatic ring is 1. The molecule has 0 unspecified atom stereocenters. The molecule has 108 valence electrons. The van der Waals surface area contributed by atoms with Crippen LogP contribution in [0.4, 0.5) is 5.69 Å². The van der Waals surface area contributed by atoms with Crippen LogP contribution in [0.15, 0.2) is 35.4 Å². The molecule has 0 aliphatic carbocycles. The Morgan fingerprint density at radius 3 is 2.70 bits per heavy atom. The summed E-state index contributed by atoms with van der Waals surface area (Å²) < 4.78 is 28.6. The molecule has 0 spiro atoms. The van der Waals surface area contributed by atoms with Crippen molar-refractivity contribution >= 4 is 15.7 Å². The number of hydrogen-bond donors (Lipinski definition) is 2. The molecule has 0 bridgehead atoms. The molecule has 2 rings (SSSR count). The lowest BCUT2D eigenvalue weighted by Crippen LogP contribution is -2.27. The SMILES string of the molecule is Cc1ccc(S(=O)(=O)NCCc2ccnn2C)c(N)c1. The molecule has 0 aliphatic rings. The topological polar surface area (TPSA) is 90.0 Å². The Morgan fingerprint density at radius 2 is 2.10 bits per heavy atom. The van der Waals surface area contributed by atoms with Crippen molar-refractivity contribution in [2.75, 3.05) is 12.3 Å². The first-order valence-corrected chi connectivity index (χ1v) is 7.71. The number of sulfonamides is 1. The monoisotopic (exact) mass is 294 g/mol. The first-order valence-electron chi connectivity index (χ1n) is 6.23. The number of aryl methyl sites for hydroxylation is 2. The summed E-state index contributed by atoms with van der Waals surface area (Å²) in [5.41, 5.74) is 7.92. The van der Waals surface area contributed by atoms with E-state index in [1.165, 1.54) is 6.07 Å². The number of nitrogens with one attached hydrogen (secondary N) is 1. The second-order valence-corrected chi connectivity index (χ2v) is 6.37. The Kier molecular flexibility index (Phi) is 4.10. The first-order chi connectivity index (χ1) is 9.40. The minimum Gasteiger partial charge on any atom is -0.398 e. The summed E-state index contributed by atoms with van der Waals surface area (Å²) in [7, 11) is -1.76. The second-order valence-electron chi connectivity index (χ2n) is 4.64. The summed E-state index contributed by atoms with van der Waals surface area (Å²) in [4.78, 5) is 0.119. The van der Waals surface area contributed by atoms with E-state index in [2.05, 4.69) is 9.82 Å². The van der Waals surface area contributed by atoms with Gasteiger partial charge in [-0.05, 0) is 30.7 Å². The molecule has 0 saturated heterocycles. The van der Waals surface area contributed by atoms with Crippen LogP contribution < -0.4 is 10.5 Å². The molecule has 0 fully saturated rings. The van der Waals surface area contributed by atoms with Crippen molar-refractivity contribution in [3.05, 3.63) is 41.7 Å². The zero-order chi connectivity index (χ0) is 14.8. The van der Waals surface area contributed by atoms with Crippen molar-refractivity contribution in [3.8, 4) is 0 Å². The molecular weight excluding hydrogens is 276 g/mol. The number of nitrogens with two attached hydrogens (primary N) is 1. The summed E-state index contributed by atoms with van der Waals surface area (Å²) in [6, 6.07) is 6.76. The number of aromatic nitrogens is 2. The Hall–Kier alpha value is -1.86. The van der Waals surface area contributed by atoms with Gasteiger partial charge in [0.15, 0.2) is 0 Å². The quantitative estimate of drug-likeness (QED) is 0.799. The Bertz CT molecular complexity index is 707. The van der Waals surface area contributed by atoms with Gasteiger partial charge in [-0.3, -0.25) is 4.68 Å². The molecule has 0 radical (unpaired) electrons. The fourth-order valence-electron chi connectivity index (χ4n) is 1.95. The van der Waals surface area contributed by atoms with Crippen LogP contribution in [0, 0.1) is 6.92 Å². The van der Waals surface area contributed by atoms with Gasteiger partial charge in [-0.15, -0.1) is 0 Å². The molecule has 3 N–H and O–H groups in total. The lowest BCUT2D eigenvalue weighted by atomic mass is 10.2. The van der Waals surface area contributed by atoms with Crippen LogP contribution in [0.1, 0.15) is 11.3 Å². The summed E-state index contributed by atoms with van der Waals surface area (Å²) >= 11 is 0.